The van der Waals surface area contributed by atoms with Gasteiger partial charge in [-0.05, 0) is 36.3 Å². The van der Waals surface area contributed by atoms with Gasteiger partial charge in [-0.2, -0.15) is 0 Å². The summed E-state index contributed by atoms with van der Waals surface area (Å²) in [6, 6.07) is 0. The maximum atomic E-state index is 9.68. The molecular weight excluding hydrogens is 138 g/mol. The van der Waals surface area contributed by atoms with Gasteiger partial charge in [0.1, 0.15) is 0 Å². The van der Waals surface area contributed by atoms with Crippen LogP contribution in [-0.4, -0.2) is 0 Å². The zero-order valence-corrected chi connectivity index (χ0v) is 6.99. The lowest BCUT2D eigenvalue weighted by Gasteiger charge is -2.33. The fraction of sp³-hybridized carbons (Fsp3) is 0.778. The van der Waals surface area contributed by atoms with Gasteiger partial charge in [0.25, 0.3) is 0 Å². The molecule has 2 heteroatoms. The SMILES string of the molecule is CCC1CC(C/C=C/N=O)C1. The zero-order chi connectivity index (χ0) is 8.10. The van der Waals surface area contributed by atoms with Crippen LogP contribution < -0.4 is 0 Å². The molecule has 0 heterocycles. The molecule has 1 rings (SSSR count). The average Bonchev–Trinajstić information content (AvgIpc) is 1.94. The summed E-state index contributed by atoms with van der Waals surface area (Å²) < 4.78 is 0. The summed E-state index contributed by atoms with van der Waals surface area (Å²) in [5.74, 6) is 1.79. The largest absolute Gasteiger partial charge is 0.145 e. The maximum Gasteiger partial charge on any atom is 0.0675 e. The second kappa shape index (κ2) is 4.27. The molecule has 0 unspecified atom stereocenters. The summed E-state index contributed by atoms with van der Waals surface area (Å²) in [7, 11) is 0. The highest BCUT2D eigenvalue weighted by atomic mass is 16.2. The van der Waals surface area contributed by atoms with Gasteiger partial charge in [-0.3, -0.25) is 0 Å². The van der Waals surface area contributed by atoms with E-state index >= 15 is 0 Å². The van der Waals surface area contributed by atoms with Crippen molar-refractivity contribution in [3.63, 3.8) is 0 Å². The standard InChI is InChI=1S/C9H15NO/c1-2-8-6-9(7-8)4-3-5-10-11/h3,5,8-9H,2,4,6-7H2,1H3/b5-3+. The van der Waals surface area contributed by atoms with E-state index in [-0.39, 0.29) is 0 Å². The minimum Gasteiger partial charge on any atom is -0.145 e. The molecule has 0 aliphatic heterocycles. The fourth-order valence-electron chi connectivity index (χ4n) is 1.70. The van der Waals surface area contributed by atoms with Crippen molar-refractivity contribution in [2.75, 3.05) is 0 Å². The highest BCUT2D eigenvalue weighted by molar-refractivity contribution is 4.87. The molecule has 1 aliphatic rings. The molecule has 0 bridgehead atoms. The predicted octanol–water partition coefficient (Wildman–Crippen LogP) is 3.09. The quantitative estimate of drug-likeness (QED) is 0.570. The van der Waals surface area contributed by atoms with Crippen LogP contribution in [0.4, 0.5) is 0 Å². The van der Waals surface area contributed by atoms with Crippen molar-refractivity contribution in [2.45, 2.75) is 32.6 Å². The van der Waals surface area contributed by atoms with Gasteiger partial charge in [-0.15, -0.1) is 4.91 Å². The molecule has 0 aromatic rings. The normalized spacial score (nSPS) is 30.3. The van der Waals surface area contributed by atoms with Gasteiger partial charge < -0.3 is 0 Å². The van der Waals surface area contributed by atoms with E-state index in [1.54, 1.807) is 0 Å². The molecule has 0 aromatic carbocycles. The Balaban J connectivity index is 2.04. The van der Waals surface area contributed by atoms with E-state index in [4.69, 9.17) is 0 Å². The molecule has 0 spiro atoms. The molecule has 0 N–H and O–H groups in total. The van der Waals surface area contributed by atoms with Crippen LogP contribution >= 0.6 is 0 Å². The average molecular weight is 153 g/mol. The lowest BCUT2D eigenvalue weighted by atomic mass is 9.72. The summed E-state index contributed by atoms with van der Waals surface area (Å²) in [5, 5.41) is 2.67. The van der Waals surface area contributed by atoms with E-state index < -0.39 is 0 Å². The van der Waals surface area contributed by atoms with E-state index in [1.165, 1.54) is 25.5 Å². The number of hydrogen-bond donors (Lipinski definition) is 0. The third-order valence-corrected chi connectivity index (χ3v) is 2.55. The van der Waals surface area contributed by atoms with Gasteiger partial charge in [0.05, 0.1) is 6.20 Å². The summed E-state index contributed by atoms with van der Waals surface area (Å²) in [5.41, 5.74) is 0. The van der Waals surface area contributed by atoms with Crippen molar-refractivity contribution in [3.05, 3.63) is 17.2 Å². The Hall–Kier alpha value is -0.660. The minimum absolute atomic E-state index is 0.831. The molecular formula is C9H15NO. The smallest absolute Gasteiger partial charge is 0.0675 e. The molecule has 1 aliphatic carbocycles. The molecule has 0 saturated heterocycles. The number of rotatable bonds is 4. The first kappa shape index (κ1) is 8.44. The Morgan fingerprint density at radius 3 is 2.73 bits per heavy atom. The summed E-state index contributed by atoms with van der Waals surface area (Å²) >= 11 is 0. The van der Waals surface area contributed by atoms with Gasteiger partial charge >= 0.3 is 0 Å². The van der Waals surface area contributed by atoms with Crippen LogP contribution in [0.2, 0.25) is 0 Å². The van der Waals surface area contributed by atoms with Crippen LogP contribution in [-0.2, 0) is 0 Å². The Labute approximate surface area is 67.7 Å². The van der Waals surface area contributed by atoms with E-state index in [0.29, 0.717) is 0 Å². The second-order valence-corrected chi connectivity index (χ2v) is 3.34. The zero-order valence-electron chi connectivity index (χ0n) is 6.99. The van der Waals surface area contributed by atoms with Crippen LogP contribution in [0.3, 0.4) is 0 Å². The molecule has 2 nitrogen and oxygen atoms in total. The van der Waals surface area contributed by atoms with Crippen LogP contribution in [0.1, 0.15) is 32.6 Å². The topological polar surface area (TPSA) is 29.4 Å². The Morgan fingerprint density at radius 2 is 2.18 bits per heavy atom. The van der Waals surface area contributed by atoms with E-state index in [0.717, 1.165) is 18.3 Å². The number of hydrogen-bond acceptors (Lipinski definition) is 2. The third-order valence-electron chi connectivity index (χ3n) is 2.55. The van der Waals surface area contributed by atoms with Crippen molar-refractivity contribution in [1.82, 2.24) is 0 Å². The summed E-state index contributed by atoms with van der Waals surface area (Å²) in [6.07, 6.45) is 8.29. The fourth-order valence-corrected chi connectivity index (χ4v) is 1.70. The van der Waals surface area contributed by atoms with Crippen molar-refractivity contribution in [1.29, 1.82) is 0 Å². The molecule has 0 atom stereocenters. The van der Waals surface area contributed by atoms with Crippen molar-refractivity contribution >= 4 is 0 Å². The monoisotopic (exact) mass is 153 g/mol. The van der Waals surface area contributed by atoms with E-state index in [2.05, 4.69) is 12.1 Å². The Kier molecular flexibility index (Phi) is 3.27. The molecule has 62 valence electrons. The van der Waals surface area contributed by atoms with Gasteiger partial charge in [0.15, 0.2) is 0 Å². The number of nitrogens with zero attached hydrogens (tertiary/aromatic N) is 1. The molecule has 1 fully saturated rings. The van der Waals surface area contributed by atoms with E-state index in [9.17, 15) is 4.91 Å². The highest BCUT2D eigenvalue weighted by Crippen LogP contribution is 2.37. The van der Waals surface area contributed by atoms with E-state index in [1.807, 2.05) is 6.08 Å². The lowest BCUT2D eigenvalue weighted by Crippen LogP contribution is -2.22. The minimum atomic E-state index is 0.831. The van der Waals surface area contributed by atoms with Crippen molar-refractivity contribution < 1.29 is 0 Å². The van der Waals surface area contributed by atoms with Crippen LogP contribution in [0.5, 0.6) is 0 Å². The molecule has 11 heavy (non-hydrogen) atoms. The lowest BCUT2D eigenvalue weighted by molar-refractivity contribution is 0.190. The maximum absolute atomic E-state index is 9.68. The summed E-state index contributed by atoms with van der Waals surface area (Å²) in [6.45, 7) is 2.24. The first-order valence-corrected chi connectivity index (χ1v) is 4.34. The Morgan fingerprint density at radius 1 is 1.45 bits per heavy atom. The van der Waals surface area contributed by atoms with Gasteiger partial charge in [0, 0.05) is 0 Å². The Bertz CT molecular complexity index is 148. The van der Waals surface area contributed by atoms with Crippen molar-refractivity contribution in [3.8, 4) is 0 Å². The third kappa shape index (κ3) is 2.45. The number of nitroso groups, excluding NO2 is 1. The van der Waals surface area contributed by atoms with Gasteiger partial charge in [-0.1, -0.05) is 19.4 Å². The van der Waals surface area contributed by atoms with Crippen LogP contribution in [0.15, 0.2) is 17.5 Å². The highest BCUT2D eigenvalue weighted by Gasteiger charge is 2.25. The van der Waals surface area contributed by atoms with Gasteiger partial charge in [0.2, 0.25) is 0 Å². The van der Waals surface area contributed by atoms with Crippen LogP contribution in [0.25, 0.3) is 0 Å². The first-order chi connectivity index (χ1) is 5.36. The molecule has 0 aromatic heterocycles. The molecule has 0 radical (unpaired) electrons. The van der Waals surface area contributed by atoms with Crippen molar-refractivity contribution in [2.24, 2.45) is 17.0 Å². The predicted molar refractivity (Wildman–Crippen MR) is 46.1 cm³/mol. The molecule has 0 amide bonds. The second-order valence-electron chi connectivity index (χ2n) is 3.34. The van der Waals surface area contributed by atoms with Crippen LogP contribution in [0, 0.1) is 16.7 Å². The first-order valence-electron chi connectivity index (χ1n) is 4.34. The van der Waals surface area contributed by atoms with Gasteiger partial charge in [-0.25, -0.2) is 0 Å². The molecule has 1 saturated carbocycles. The summed E-state index contributed by atoms with van der Waals surface area (Å²) in [4.78, 5) is 9.68. The number of allylic oxidation sites excluding steroid dienone is 1.